The van der Waals surface area contributed by atoms with Crippen molar-refractivity contribution >= 4 is 11.9 Å². The number of rotatable bonds is 7. The molecular weight excluding hydrogens is 302 g/mol. The number of ether oxygens (including phenoxy) is 1. The Kier molecular flexibility index (Phi) is 8.40. The fourth-order valence-corrected chi connectivity index (χ4v) is 3.95. The number of carbonyl (C=O) groups excluding carboxylic acids is 1. The summed E-state index contributed by atoms with van der Waals surface area (Å²) in [7, 11) is 1.48. The van der Waals surface area contributed by atoms with E-state index < -0.39 is 0 Å². The normalized spacial score (nSPS) is 20.4. The van der Waals surface area contributed by atoms with Crippen molar-refractivity contribution < 1.29 is 9.53 Å². The molecule has 0 unspecified atom stereocenters. The van der Waals surface area contributed by atoms with Gasteiger partial charge in [-0.3, -0.25) is 9.79 Å². The Bertz CT molecular complexity index is 397. The molecule has 5 heteroatoms. The molecule has 0 spiro atoms. The van der Waals surface area contributed by atoms with Crippen LogP contribution in [0.3, 0.4) is 0 Å². The van der Waals surface area contributed by atoms with Crippen LogP contribution < -0.4 is 5.32 Å². The zero-order chi connectivity index (χ0) is 17.2. The first-order chi connectivity index (χ1) is 11.7. The van der Waals surface area contributed by atoms with Crippen molar-refractivity contribution in [3.05, 3.63) is 0 Å². The molecule has 1 N–H and O–H groups in total. The van der Waals surface area contributed by atoms with Gasteiger partial charge < -0.3 is 15.0 Å². The maximum Gasteiger partial charge on any atom is 0.308 e. The lowest BCUT2D eigenvalue weighted by Gasteiger charge is -2.33. The van der Waals surface area contributed by atoms with E-state index in [0.717, 1.165) is 50.9 Å². The smallest absolute Gasteiger partial charge is 0.308 e. The first-order valence-electron chi connectivity index (χ1n) is 9.85. The number of hydrogen-bond donors (Lipinski definition) is 1. The highest BCUT2D eigenvalue weighted by Gasteiger charge is 2.26. The second-order valence-corrected chi connectivity index (χ2v) is 7.17. The zero-order valence-electron chi connectivity index (χ0n) is 15.6. The molecule has 1 aliphatic carbocycles. The number of nitrogens with one attached hydrogen (secondary N) is 1. The fourth-order valence-electron chi connectivity index (χ4n) is 3.95. The van der Waals surface area contributed by atoms with Crippen molar-refractivity contribution in [3.63, 3.8) is 0 Å². The molecule has 1 saturated carbocycles. The van der Waals surface area contributed by atoms with Gasteiger partial charge in [-0.2, -0.15) is 0 Å². The monoisotopic (exact) mass is 337 g/mol. The average molecular weight is 338 g/mol. The van der Waals surface area contributed by atoms with E-state index in [4.69, 9.17) is 9.73 Å². The van der Waals surface area contributed by atoms with E-state index in [9.17, 15) is 4.79 Å². The van der Waals surface area contributed by atoms with Crippen LogP contribution in [0.4, 0.5) is 0 Å². The number of unbranched alkanes of at least 4 members (excludes halogenated alkanes) is 1. The molecule has 0 atom stereocenters. The Morgan fingerprint density at radius 2 is 1.88 bits per heavy atom. The molecule has 24 heavy (non-hydrogen) atoms. The highest BCUT2D eigenvalue weighted by Crippen LogP contribution is 2.28. The average Bonchev–Trinajstić information content (AvgIpc) is 3.13. The molecule has 5 nitrogen and oxygen atoms in total. The van der Waals surface area contributed by atoms with Gasteiger partial charge in [0.25, 0.3) is 0 Å². The van der Waals surface area contributed by atoms with Gasteiger partial charge in [-0.25, -0.2) is 0 Å². The Hall–Kier alpha value is -1.26. The predicted molar refractivity (Wildman–Crippen MR) is 98.1 cm³/mol. The molecule has 2 rings (SSSR count). The summed E-state index contributed by atoms with van der Waals surface area (Å²) in [6.07, 6.45) is 11.4. The summed E-state index contributed by atoms with van der Waals surface area (Å²) in [6.45, 7) is 5.67. The third-order valence-corrected chi connectivity index (χ3v) is 5.42. The van der Waals surface area contributed by atoms with Crippen LogP contribution in [0.1, 0.15) is 64.7 Å². The number of hydrogen-bond acceptors (Lipinski definition) is 3. The van der Waals surface area contributed by atoms with Crippen molar-refractivity contribution in [2.24, 2.45) is 16.8 Å². The Balaban J connectivity index is 1.71. The molecule has 1 saturated heterocycles. The van der Waals surface area contributed by atoms with E-state index in [0.29, 0.717) is 0 Å². The lowest BCUT2D eigenvalue weighted by atomic mass is 9.97. The maximum atomic E-state index is 11.6. The Morgan fingerprint density at radius 3 is 2.50 bits per heavy atom. The highest BCUT2D eigenvalue weighted by atomic mass is 16.5. The number of carbonyl (C=O) groups is 1. The van der Waals surface area contributed by atoms with Crippen molar-refractivity contribution in [1.29, 1.82) is 0 Å². The van der Waals surface area contributed by atoms with Crippen molar-refractivity contribution in [2.45, 2.75) is 64.7 Å². The number of esters is 1. The summed E-state index contributed by atoms with van der Waals surface area (Å²) in [6, 6.07) is 0. The minimum absolute atomic E-state index is 0.0561. The zero-order valence-corrected chi connectivity index (χ0v) is 15.6. The van der Waals surface area contributed by atoms with Crippen molar-refractivity contribution in [2.75, 3.05) is 33.3 Å². The molecule has 1 aliphatic heterocycles. The number of likely N-dealkylation sites (tertiary alicyclic amines) is 1. The largest absolute Gasteiger partial charge is 0.469 e. The number of methoxy groups -OCH3 is 1. The summed E-state index contributed by atoms with van der Waals surface area (Å²) in [5.74, 6) is 1.99. The Morgan fingerprint density at radius 1 is 1.17 bits per heavy atom. The lowest BCUT2D eigenvalue weighted by Crippen LogP contribution is -2.46. The molecule has 138 valence electrons. The SMILES string of the molecule is CCNC(=NCCCCC1CCCC1)N1CCC(C(=O)OC)CC1. The third kappa shape index (κ3) is 5.99. The van der Waals surface area contributed by atoms with Crippen LogP contribution in [-0.2, 0) is 9.53 Å². The van der Waals surface area contributed by atoms with Gasteiger partial charge in [0.15, 0.2) is 5.96 Å². The third-order valence-electron chi connectivity index (χ3n) is 5.42. The standard InChI is InChI=1S/C19H35N3O2/c1-3-20-19(21-13-7-6-10-16-8-4-5-9-16)22-14-11-17(12-15-22)18(23)24-2/h16-17H,3-15H2,1-2H3,(H,20,21). The lowest BCUT2D eigenvalue weighted by molar-refractivity contribution is -0.146. The first kappa shape index (κ1) is 19.1. The van der Waals surface area contributed by atoms with Gasteiger partial charge in [0.05, 0.1) is 13.0 Å². The Labute approximate surface area is 147 Å². The molecule has 0 aromatic rings. The van der Waals surface area contributed by atoms with Crippen LogP contribution >= 0.6 is 0 Å². The van der Waals surface area contributed by atoms with Gasteiger partial charge in [-0.15, -0.1) is 0 Å². The highest BCUT2D eigenvalue weighted by molar-refractivity contribution is 5.80. The van der Waals surface area contributed by atoms with Crippen LogP contribution in [0.2, 0.25) is 0 Å². The molecule has 0 amide bonds. The molecule has 2 fully saturated rings. The minimum Gasteiger partial charge on any atom is -0.469 e. The fraction of sp³-hybridized carbons (Fsp3) is 0.895. The predicted octanol–water partition coefficient (Wildman–Crippen LogP) is 3.20. The van der Waals surface area contributed by atoms with Crippen LogP contribution in [0.25, 0.3) is 0 Å². The number of guanidine groups is 1. The molecule has 0 aromatic heterocycles. The van der Waals surface area contributed by atoms with E-state index in [-0.39, 0.29) is 11.9 Å². The summed E-state index contributed by atoms with van der Waals surface area (Å²) in [4.78, 5) is 18.7. The van der Waals surface area contributed by atoms with Crippen LogP contribution in [0, 0.1) is 11.8 Å². The van der Waals surface area contributed by atoms with Gasteiger partial charge in [0, 0.05) is 26.2 Å². The molecule has 1 heterocycles. The van der Waals surface area contributed by atoms with Crippen LogP contribution in [0.5, 0.6) is 0 Å². The van der Waals surface area contributed by atoms with Gasteiger partial charge >= 0.3 is 5.97 Å². The van der Waals surface area contributed by atoms with E-state index in [1.807, 2.05) is 0 Å². The van der Waals surface area contributed by atoms with Crippen LogP contribution in [0.15, 0.2) is 4.99 Å². The maximum absolute atomic E-state index is 11.6. The van der Waals surface area contributed by atoms with Gasteiger partial charge in [-0.05, 0) is 32.1 Å². The molecular formula is C19H35N3O2. The second kappa shape index (κ2) is 10.6. The number of aliphatic imine (C=N–C) groups is 1. The van der Waals surface area contributed by atoms with Crippen molar-refractivity contribution in [3.8, 4) is 0 Å². The second-order valence-electron chi connectivity index (χ2n) is 7.17. The topological polar surface area (TPSA) is 53.9 Å². The number of piperidine rings is 1. The molecule has 2 aliphatic rings. The van der Waals surface area contributed by atoms with E-state index >= 15 is 0 Å². The quantitative estimate of drug-likeness (QED) is 0.335. The molecule has 0 aromatic carbocycles. The van der Waals surface area contributed by atoms with Crippen molar-refractivity contribution in [1.82, 2.24) is 10.2 Å². The van der Waals surface area contributed by atoms with E-state index in [1.165, 1.54) is 52.1 Å². The summed E-state index contributed by atoms with van der Waals surface area (Å²) in [5, 5.41) is 3.40. The van der Waals surface area contributed by atoms with Gasteiger partial charge in [0.1, 0.15) is 0 Å². The van der Waals surface area contributed by atoms with E-state index in [2.05, 4.69) is 17.1 Å². The number of nitrogens with zero attached hydrogens (tertiary/aromatic N) is 2. The summed E-state index contributed by atoms with van der Waals surface area (Å²) in [5.41, 5.74) is 0. The summed E-state index contributed by atoms with van der Waals surface area (Å²) >= 11 is 0. The summed E-state index contributed by atoms with van der Waals surface area (Å²) < 4.78 is 4.86. The first-order valence-corrected chi connectivity index (χ1v) is 9.85. The minimum atomic E-state index is -0.0662. The molecule has 0 bridgehead atoms. The van der Waals surface area contributed by atoms with Gasteiger partial charge in [-0.1, -0.05) is 38.5 Å². The van der Waals surface area contributed by atoms with Crippen LogP contribution in [-0.4, -0.2) is 50.1 Å². The van der Waals surface area contributed by atoms with Gasteiger partial charge in [0.2, 0.25) is 0 Å². The molecule has 0 radical (unpaired) electrons. The van der Waals surface area contributed by atoms with E-state index in [1.54, 1.807) is 0 Å².